The van der Waals surface area contributed by atoms with Gasteiger partial charge in [0.15, 0.2) is 5.78 Å². The molecule has 1 aromatic rings. The van der Waals surface area contributed by atoms with E-state index in [9.17, 15) is 4.79 Å². The smallest absolute Gasteiger partial charge is 0.163 e. The van der Waals surface area contributed by atoms with E-state index >= 15 is 0 Å². The molecule has 4 aliphatic rings. The van der Waals surface area contributed by atoms with Crippen LogP contribution in [0.1, 0.15) is 36.9 Å². The minimum atomic E-state index is 0.0306. The molecule has 3 aliphatic heterocycles. The van der Waals surface area contributed by atoms with Gasteiger partial charge in [0.05, 0.1) is 10.1 Å². The highest BCUT2D eigenvalue weighted by Gasteiger charge is 2.54. The summed E-state index contributed by atoms with van der Waals surface area (Å²) < 4.78 is 0.0306. The molecule has 3 heterocycles. The Labute approximate surface area is 146 Å². The van der Waals surface area contributed by atoms with Gasteiger partial charge in [-0.25, -0.2) is 0 Å². The Morgan fingerprint density at radius 3 is 2.83 bits per heavy atom. The van der Waals surface area contributed by atoms with Crippen LogP contribution >= 0.6 is 23.5 Å². The summed E-state index contributed by atoms with van der Waals surface area (Å²) in [6, 6.07) is 9.42. The Kier molecular flexibility index (Phi) is 3.18. The normalized spacial score (nSPS) is 31.3. The molecule has 0 radical (unpaired) electrons. The van der Waals surface area contributed by atoms with Gasteiger partial charge in [-0.05, 0) is 17.5 Å². The summed E-state index contributed by atoms with van der Waals surface area (Å²) in [7, 11) is 0. The quantitative estimate of drug-likeness (QED) is 0.708. The van der Waals surface area contributed by atoms with Crippen LogP contribution in [0.15, 0.2) is 35.5 Å². The van der Waals surface area contributed by atoms with Gasteiger partial charge in [0.25, 0.3) is 0 Å². The first-order valence-electron chi connectivity index (χ1n) is 8.60. The molecule has 23 heavy (non-hydrogen) atoms. The number of nitrogens with zero attached hydrogens (tertiary/aromatic N) is 1. The molecule has 120 valence electrons. The van der Waals surface area contributed by atoms with Gasteiger partial charge in [0.1, 0.15) is 0 Å². The third-order valence-corrected chi connectivity index (χ3v) is 9.27. The minimum absolute atomic E-state index is 0.0306. The molecule has 5 rings (SSSR count). The van der Waals surface area contributed by atoms with Gasteiger partial charge < -0.3 is 4.90 Å². The third kappa shape index (κ3) is 1.94. The summed E-state index contributed by atoms with van der Waals surface area (Å²) in [6.45, 7) is 3.32. The van der Waals surface area contributed by atoms with Crippen molar-refractivity contribution in [3.05, 3.63) is 46.7 Å². The Morgan fingerprint density at radius 1 is 1.22 bits per heavy atom. The number of carbonyl (C=O) groups is 1. The van der Waals surface area contributed by atoms with Crippen molar-refractivity contribution in [2.75, 3.05) is 18.1 Å². The molecule has 2 atom stereocenters. The summed E-state index contributed by atoms with van der Waals surface area (Å²) in [5.74, 6) is 3.17. The molecule has 0 bridgehead atoms. The number of allylic oxidation sites excluding steroid dienone is 1. The topological polar surface area (TPSA) is 20.3 Å². The largest absolute Gasteiger partial charge is 0.367 e. The Bertz CT molecular complexity index is 720. The average molecular weight is 344 g/mol. The van der Waals surface area contributed by atoms with Crippen molar-refractivity contribution < 1.29 is 4.79 Å². The van der Waals surface area contributed by atoms with Crippen LogP contribution in [0.4, 0.5) is 0 Å². The average Bonchev–Trinajstić information content (AvgIpc) is 3.13. The lowest BCUT2D eigenvalue weighted by Crippen LogP contribution is -2.45. The van der Waals surface area contributed by atoms with Crippen LogP contribution in [0, 0.1) is 5.92 Å². The minimum Gasteiger partial charge on any atom is -0.367 e. The first-order valence-corrected chi connectivity index (χ1v) is 10.6. The van der Waals surface area contributed by atoms with Crippen LogP contribution in [-0.2, 0) is 11.2 Å². The molecule has 0 amide bonds. The number of thioether (sulfide) groups is 2. The molecule has 0 N–H and O–H groups in total. The summed E-state index contributed by atoms with van der Waals surface area (Å²) in [5, 5.41) is 0. The van der Waals surface area contributed by atoms with Gasteiger partial charge in [0, 0.05) is 48.1 Å². The molecule has 2 unspecified atom stereocenters. The number of benzene rings is 1. The number of rotatable bonds is 0. The third-order valence-electron chi connectivity index (χ3n) is 5.81. The first-order chi connectivity index (χ1) is 11.2. The lowest BCUT2D eigenvalue weighted by molar-refractivity contribution is -0.115. The van der Waals surface area contributed by atoms with Gasteiger partial charge in [-0.2, -0.15) is 0 Å². The number of Topliss-reactive ketones (excluding diaryl/α,β-unsaturated/α-hetero) is 1. The van der Waals surface area contributed by atoms with Gasteiger partial charge in [-0.1, -0.05) is 31.2 Å². The monoisotopic (exact) mass is 343 g/mol. The maximum absolute atomic E-state index is 12.8. The highest BCUT2D eigenvalue weighted by molar-refractivity contribution is 8.21. The van der Waals surface area contributed by atoms with Gasteiger partial charge >= 0.3 is 0 Å². The van der Waals surface area contributed by atoms with Crippen LogP contribution in [0.25, 0.3) is 0 Å². The van der Waals surface area contributed by atoms with Crippen LogP contribution in [0.5, 0.6) is 0 Å². The number of ketones is 1. The van der Waals surface area contributed by atoms with Crippen LogP contribution in [0.2, 0.25) is 0 Å². The Balaban J connectivity index is 1.70. The number of hydrogen-bond acceptors (Lipinski definition) is 4. The van der Waals surface area contributed by atoms with E-state index in [2.05, 4.69) is 36.1 Å². The maximum Gasteiger partial charge on any atom is 0.163 e. The number of fused-ring (bicyclic) bond motifs is 5. The molecule has 2 nitrogen and oxygen atoms in total. The summed E-state index contributed by atoms with van der Waals surface area (Å²) >= 11 is 4.07. The van der Waals surface area contributed by atoms with E-state index in [1.165, 1.54) is 33.9 Å². The predicted molar refractivity (Wildman–Crippen MR) is 97.7 cm³/mol. The fraction of sp³-hybridized carbons (Fsp3) is 0.526. The molecular weight excluding hydrogens is 322 g/mol. The van der Waals surface area contributed by atoms with Crippen molar-refractivity contribution in [3.63, 3.8) is 0 Å². The van der Waals surface area contributed by atoms with Crippen molar-refractivity contribution in [2.45, 2.75) is 36.3 Å². The van der Waals surface area contributed by atoms with Gasteiger partial charge in [0.2, 0.25) is 0 Å². The fourth-order valence-electron chi connectivity index (χ4n) is 4.93. The predicted octanol–water partition coefficient (Wildman–Crippen LogP) is 4.03. The van der Waals surface area contributed by atoms with E-state index < -0.39 is 0 Å². The molecule has 0 saturated carbocycles. The van der Waals surface area contributed by atoms with Crippen LogP contribution in [-0.4, -0.2) is 32.8 Å². The van der Waals surface area contributed by atoms with E-state index in [1.807, 2.05) is 23.5 Å². The van der Waals surface area contributed by atoms with Crippen molar-refractivity contribution in [1.29, 1.82) is 0 Å². The summed E-state index contributed by atoms with van der Waals surface area (Å²) in [4.78, 5) is 15.4. The maximum atomic E-state index is 12.8. The Hall–Kier alpha value is -0.870. The zero-order chi connectivity index (χ0) is 15.6. The van der Waals surface area contributed by atoms with E-state index in [0.717, 1.165) is 25.8 Å². The van der Waals surface area contributed by atoms with E-state index in [4.69, 9.17) is 0 Å². The second-order valence-electron chi connectivity index (χ2n) is 7.10. The second-order valence-corrected chi connectivity index (χ2v) is 10.1. The molecular formula is C19H21NOS2. The van der Waals surface area contributed by atoms with Crippen molar-refractivity contribution >= 4 is 29.3 Å². The van der Waals surface area contributed by atoms with Gasteiger partial charge in [-0.15, -0.1) is 23.5 Å². The van der Waals surface area contributed by atoms with Crippen molar-refractivity contribution in [1.82, 2.24) is 4.90 Å². The zero-order valence-corrected chi connectivity index (χ0v) is 15.0. The molecule has 4 heteroatoms. The number of hydrogen-bond donors (Lipinski definition) is 0. The summed E-state index contributed by atoms with van der Waals surface area (Å²) in [6.07, 6.45) is 2.92. The zero-order valence-electron chi connectivity index (χ0n) is 13.4. The highest BCUT2D eigenvalue weighted by atomic mass is 32.2. The van der Waals surface area contributed by atoms with Crippen LogP contribution in [0.3, 0.4) is 0 Å². The highest BCUT2D eigenvalue weighted by Crippen LogP contribution is 2.62. The number of carbonyl (C=O) groups excluding carboxylic acids is 1. The molecule has 1 saturated heterocycles. The van der Waals surface area contributed by atoms with E-state index in [-0.39, 0.29) is 4.08 Å². The second kappa shape index (κ2) is 5.06. The molecule has 1 aromatic carbocycles. The lowest BCUT2D eigenvalue weighted by Gasteiger charge is -2.49. The van der Waals surface area contributed by atoms with Crippen molar-refractivity contribution in [3.8, 4) is 0 Å². The standard InChI is InChI=1S/C19H21NOS2/c1-12-10-16(21)17-18(12)20-7-6-13-4-2-3-5-14(13)15(20)11-19(17)22-8-9-23-19/h2-5,12,15H,6-11H2,1H3. The molecule has 1 spiro atoms. The van der Waals surface area contributed by atoms with E-state index in [1.54, 1.807) is 0 Å². The SMILES string of the molecule is CC1CC(=O)C2=C1N1CCc3ccccc3C1CC21SCCS1. The first kappa shape index (κ1) is 14.5. The fourth-order valence-corrected chi connectivity index (χ4v) is 8.37. The molecule has 1 fully saturated rings. The van der Waals surface area contributed by atoms with Crippen molar-refractivity contribution in [2.24, 2.45) is 5.92 Å². The van der Waals surface area contributed by atoms with Gasteiger partial charge in [-0.3, -0.25) is 4.79 Å². The molecule has 0 aromatic heterocycles. The van der Waals surface area contributed by atoms with Crippen LogP contribution < -0.4 is 0 Å². The molecule has 1 aliphatic carbocycles. The van der Waals surface area contributed by atoms with E-state index in [0.29, 0.717) is 17.7 Å². The Morgan fingerprint density at radius 2 is 2.00 bits per heavy atom. The lowest BCUT2D eigenvalue weighted by atomic mass is 9.84. The summed E-state index contributed by atoms with van der Waals surface area (Å²) in [5.41, 5.74) is 5.60.